The number of benzene rings is 1. The first kappa shape index (κ1) is 16.0. The summed E-state index contributed by atoms with van der Waals surface area (Å²) in [4.78, 5) is 2.39. The number of ether oxygens (including phenoxy) is 1. The number of methoxy groups -OCH3 is 1. The van der Waals surface area contributed by atoms with Crippen LogP contribution >= 0.6 is 0 Å². The molecule has 2 aromatic rings. The van der Waals surface area contributed by atoms with Crippen molar-refractivity contribution in [3.05, 3.63) is 36.1 Å². The summed E-state index contributed by atoms with van der Waals surface area (Å²) in [6, 6.07) is 8.28. The maximum atomic E-state index is 6.08. The standard InChI is InChI=1S/C17H26N2O2/c1-13(2)11-19(8-9-20-3)16(10-18)15-12-21-17-7-5-4-6-14(15)17/h4-7,12-13,16H,8-11,18H2,1-3H3. The number of hydrogen-bond donors (Lipinski definition) is 1. The topological polar surface area (TPSA) is 51.6 Å². The predicted molar refractivity (Wildman–Crippen MR) is 86.3 cm³/mol. The zero-order chi connectivity index (χ0) is 15.2. The van der Waals surface area contributed by atoms with Crippen molar-refractivity contribution in [1.82, 2.24) is 4.90 Å². The SMILES string of the molecule is COCCN(CC(C)C)C(CN)c1coc2ccccc12. The van der Waals surface area contributed by atoms with Crippen LogP contribution in [0.5, 0.6) is 0 Å². The first-order chi connectivity index (χ1) is 10.2. The smallest absolute Gasteiger partial charge is 0.134 e. The fourth-order valence-electron chi connectivity index (χ4n) is 2.78. The van der Waals surface area contributed by atoms with E-state index in [1.165, 1.54) is 5.56 Å². The van der Waals surface area contributed by atoms with E-state index in [4.69, 9.17) is 14.9 Å². The van der Waals surface area contributed by atoms with Gasteiger partial charge in [0.05, 0.1) is 18.9 Å². The maximum Gasteiger partial charge on any atom is 0.134 e. The lowest BCUT2D eigenvalue weighted by Crippen LogP contribution is -2.38. The molecule has 0 saturated carbocycles. The molecule has 0 radical (unpaired) electrons. The Balaban J connectivity index is 2.30. The van der Waals surface area contributed by atoms with Crippen LogP contribution in [0.4, 0.5) is 0 Å². The summed E-state index contributed by atoms with van der Waals surface area (Å²) in [6.07, 6.45) is 1.85. The Morgan fingerprint density at radius 1 is 1.29 bits per heavy atom. The molecular weight excluding hydrogens is 264 g/mol. The van der Waals surface area contributed by atoms with Crippen molar-refractivity contribution in [3.63, 3.8) is 0 Å². The largest absolute Gasteiger partial charge is 0.464 e. The minimum atomic E-state index is 0.159. The molecule has 21 heavy (non-hydrogen) atoms. The lowest BCUT2D eigenvalue weighted by atomic mass is 10.0. The molecule has 0 amide bonds. The quantitative estimate of drug-likeness (QED) is 0.812. The van der Waals surface area contributed by atoms with Crippen LogP contribution in [0, 0.1) is 5.92 Å². The van der Waals surface area contributed by atoms with Crippen LogP contribution in [-0.2, 0) is 4.74 Å². The molecule has 0 aliphatic carbocycles. The summed E-state index contributed by atoms with van der Waals surface area (Å²) in [5.74, 6) is 0.578. The molecule has 0 aliphatic heterocycles. The second kappa shape index (κ2) is 7.59. The molecular formula is C17H26N2O2. The molecule has 4 heteroatoms. The van der Waals surface area contributed by atoms with Gasteiger partial charge in [0, 0.05) is 37.7 Å². The van der Waals surface area contributed by atoms with E-state index >= 15 is 0 Å². The van der Waals surface area contributed by atoms with Crippen molar-refractivity contribution in [2.24, 2.45) is 11.7 Å². The molecule has 1 aromatic carbocycles. The molecule has 116 valence electrons. The van der Waals surface area contributed by atoms with Crippen molar-refractivity contribution >= 4 is 11.0 Å². The highest BCUT2D eigenvalue weighted by molar-refractivity contribution is 5.81. The summed E-state index contributed by atoms with van der Waals surface area (Å²) in [5.41, 5.74) is 8.17. The van der Waals surface area contributed by atoms with Gasteiger partial charge in [0.1, 0.15) is 5.58 Å². The molecule has 0 fully saturated rings. The molecule has 1 atom stereocenters. The van der Waals surface area contributed by atoms with Gasteiger partial charge in [-0.25, -0.2) is 0 Å². The molecule has 0 saturated heterocycles. The fourth-order valence-corrected chi connectivity index (χ4v) is 2.78. The normalized spacial score (nSPS) is 13.4. The van der Waals surface area contributed by atoms with Crippen molar-refractivity contribution in [2.75, 3.05) is 33.4 Å². The lowest BCUT2D eigenvalue weighted by molar-refractivity contribution is 0.112. The zero-order valence-electron chi connectivity index (χ0n) is 13.2. The van der Waals surface area contributed by atoms with Gasteiger partial charge in [-0.15, -0.1) is 0 Å². The van der Waals surface area contributed by atoms with Crippen LogP contribution in [0.2, 0.25) is 0 Å². The second-order valence-corrected chi connectivity index (χ2v) is 5.82. The molecule has 0 spiro atoms. The fraction of sp³-hybridized carbons (Fsp3) is 0.529. The molecule has 1 heterocycles. The van der Waals surface area contributed by atoms with Crippen molar-refractivity contribution in [2.45, 2.75) is 19.9 Å². The Bertz CT molecular complexity index is 550. The van der Waals surface area contributed by atoms with E-state index in [2.05, 4.69) is 24.8 Å². The highest BCUT2D eigenvalue weighted by Crippen LogP contribution is 2.29. The predicted octanol–water partition coefficient (Wildman–Crippen LogP) is 3.04. The van der Waals surface area contributed by atoms with E-state index in [9.17, 15) is 0 Å². The monoisotopic (exact) mass is 290 g/mol. The number of nitrogens with zero attached hydrogens (tertiary/aromatic N) is 1. The highest BCUT2D eigenvalue weighted by atomic mass is 16.5. The average molecular weight is 290 g/mol. The van der Waals surface area contributed by atoms with Gasteiger partial charge in [0.25, 0.3) is 0 Å². The number of rotatable bonds is 8. The van der Waals surface area contributed by atoms with Gasteiger partial charge in [0.15, 0.2) is 0 Å². The number of hydrogen-bond acceptors (Lipinski definition) is 4. The van der Waals surface area contributed by atoms with Crippen LogP contribution in [0.25, 0.3) is 11.0 Å². The highest BCUT2D eigenvalue weighted by Gasteiger charge is 2.23. The van der Waals surface area contributed by atoms with Gasteiger partial charge >= 0.3 is 0 Å². The Morgan fingerprint density at radius 3 is 2.71 bits per heavy atom. The molecule has 1 unspecified atom stereocenters. The number of fused-ring (bicyclic) bond motifs is 1. The Kier molecular flexibility index (Phi) is 5.79. The third-order valence-corrected chi connectivity index (χ3v) is 3.72. The van der Waals surface area contributed by atoms with Crippen LogP contribution in [0.1, 0.15) is 25.5 Å². The van der Waals surface area contributed by atoms with Gasteiger partial charge < -0.3 is 14.9 Å². The van der Waals surface area contributed by atoms with Gasteiger partial charge in [-0.2, -0.15) is 0 Å². The van der Waals surface area contributed by atoms with E-state index < -0.39 is 0 Å². The molecule has 0 bridgehead atoms. The summed E-state index contributed by atoms with van der Waals surface area (Å²) >= 11 is 0. The molecule has 4 nitrogen and oxygen atoms in total. The van der Waals surface area contributed by atoms with Gasteiger partial charge in [0.2, 0.25) is 0 Å². The number of nitrogens with two attached hydrogens (primary N) is 1. The average Bonchev–Trinajstić information content (AvgIpc) is 2.89. The van der Waals surface area contributed by atoms with Crippen molar-refractivity contribution < 1.29 is 9.15 Å². The van der Waals surface area contributed by atoms with E-state index in [0.29, 0.717) is 19.1 Å². The first-order valence-electron chi connectivity index (χ1n) is 7.56. The van der Waals surface area contributed by atoms with Crippen molar-refractivity contribution in [3.8, 4) is 0 Å². The lowest BCUT2D eigenvalue weighted by Gasteiger charge is -2.31. The first-order valence-corrected chi connectivity index (χ1v) is 7.56. The van der Waals surface area contributed by atoms with Crippen molar-refractivity contribution in [1.29, 1.82) is 0 Å². The maximum absolute atomic E-state index is 6.08. The van der Waals surface area contributed by atoms with Crippen LogP contribution < -0.4 is 5.73 Å². The Morgan fingerprint density at radius 2 is 2.05 bits per heavy atom. The van der Waals surface area contributed by atoms with Crippen LogP contribution in [0.3, 0.4) is 0 Å². The van der Waals surface area contributed by atoms with E-state index in [1.54, 1.807) is 7.11 Å². The van der Waals surface area contributed by atoms with Crippen LogP contribution in [-0.4, -0.2) is 38.3 Å². The van der Waals surface area contributed by atoms with E-state index in [0.717, 1.165) is 24.1 Å². The molecule has 2 rings (SSSR count). The zero-order valence-corrected chi connectivity index (χ0v) is 13.2. The van der Waals surface area contributed by atoms with Gasteiger partial charge in [-0.3, -0.25) is 4.90 Å². The van der Waals surface area contributed by atoms with E-state index in [-0.39, 0.29) is 6.04 Å². The van der Waals surface area contributed by atoms with Gasteiger partial charge in [-0.1, -0.05) is 32.0 Å². The third kappa shape index (κ3) is 3.84. The Hall–Kier alpha value is -1.36. The van der Waals surface area contributed by atoms with Gasteiger partial charge in [-0.05, 0) is 12.0 Å². The molecule has 1 aromatic heterocycles. The Labute approximate surface area is 126 Å². The molecule has 0 aliphatic rings. The number of para-hydroxylation sites is 1. The van der Waals surface area contributed by atoms with E-state index in [1.807, 2.05) is 24.5 Å². The third-order valence-electron chi connectivity index (χ3n) is 3.72. The summed E-state index contributed by atoms with van der Waals surface area (Å²) in [5, 5.41) is 1.15. The summed E-state index contributed by atoms with van der Waals surface area (Å²) in [6.45, 7) is 7.58. The summed E-state index contributed by atoms with van der Waals surface area (Å²) < 4.78 is 10.9. The number of furan rings is 1. The second-order valence-electron chi connectivity index (χ2n) is 5.82. The summed E-state index contributed by atoms with van der Waals surface area (Å²) in [7, 11) is 1.73. The molecule has 2 N–H and O–H groups in total. The minimum Gasteiger partial charge on any atom is -0.464 e. The minimum absolute atomic E-state index is 0.159. The van der Waals surface area contributed by atoms with Crippen LogP contribution in [0.15, 0.2) is 34.9 Å².